The van der Waals surface area contributed by atoms with Crippen molar-refractivity contribution < 1.29 is 0 Å². The molecule has 4 unspecified atom stereocenters. The van der Waals surface area contributed by atoms with Gasteiger partial charge in [0.1, 0.15) is 0 Å². The van der Waals surface area contributed by atoms with E-state index in [2.05, 4.69) is 23.6 Å². The van der Waals surface area contributed by atoms with Crippen molar-refractivity contribution in [2.24, 2.45) is 11.7 Å². The largest absolute Gasteiger partial charge is 0.329 e. The number of fused-ring (bicyclic) bond motifs is 1. The summed E-state index contributed by atoms with van der Waals surface area (Å²) in [5.74, 6) is 0.861. The molecule has 0 amide bonds. The Morgan fingerprint density at radius 1 is 1.16 bits per heavy atom. The fourth-order valence-electron chi connectivity index (χ4n) is 4.94. The van der Waals surface area contributed by atoms with Crippen molar-refractivity contribution in [2.45, 2.75) is 70.0 Å². The molecular weight excluding hydrogens is 234 g/mol. The molecule has 3 aliphatic rings. The van der Waals surface area contributed by atoms with Crippen LogP contribution in [0, 0.1) is 5.92 Å². The van der Waals surface area contributed by atoms with Crippen molar-refractivity contribution in [3.63, 3.8) is 0 Å². The van der Waals surface area contributed by atoms with Gasteiger partial charge < -0.3 is 5.73 Å². The molecule has 3 fully saturated rings. The van der Waals surface area contributed by atoms with Gasteiger partial charge in [-0.05, 0) is 51.5 Å². The van der Waals surface area contributed by atoms with E-state index in [4.69, 9.17) is 5.73 Å². The third-order valence-electron chi connectivity index (χ3n) is 6.01. The van der Waals surface area contributed by atoms with Crippen molar-refractivity contribution in [3.05, 3.63) is 0 Å². The van der Waals surface area contributed by atoms with Crippen molar-refractivity contribution in [3.8, 4) is 0 Å². The van der Waals surface area contributed by atoms with Gasteiger partial charge in [-0.3, -0.25) is 9.80 Å². The third-order valence-corrected chi connectivity index (χ3v) is 6.01. The van der Waals surface area contributed by atoms with Crippen LogP contribution in [0.4, 0.5) is 0 Å². The maximum Gasteiger partial charge on any atom is 0.0338 e. The fraction of sp³-hybridized carbons (Fsp3) is 1.00. The minimum atomic E-state index is 0.322. The van der Waals surface area contributed by atoms with Gasteiger partial charge in [-0.1, -0.05) is 13.3 Å². The van der Waals surface area contributed by atoms with E-state index >= 15 is 0 Å². The van der Waals surface area contributed by atoms with Crippen molar-refractivity contribution in [1.29, 1.82) is 0 Å². The molecule has 19 heavy (non-hydrogen) atoms. The van der Waals surface area contributed by atoms with Crippen LogP contribution in [0.25, 0.3) is 0 Å². The average molecular weight is 265 g/mol. The van der Waals surface area contributed by atoms with E-state index in [1.165, 1.54) is 58.2 Å². The second-order valence-corrected chi connectivity index (χ2v) is 7.42. The van der Waals surface area contributed by atoms with E-state index in [1.54, 1.807) is 0 Å². The van der Waals surface area contributed by atoms with Gasteiger partial charge in [0.2, 0.25) is 0 Å². The Balaban J connectivity index is 1.76. The Hall–Kier alpha value is -0.120. The molecule has 0 aromatic rings. The lowest BCUT2D eigenvalue weighted by molar-refractivity contribution is -0.0441. The van der Waals surface area contributed by atoms with Gasteiger partial charge in [0.25, 0.3) is 0 Å². The first-order chi connectivity index (χ1) is 9.14. The zero-order valence-corrected chi connectivity index (χ0v) is 12.8. The summed E-state index contributed by atoms with van der Waals surface area (Å²) in [6.45, 7) is 9.54. The Morgan fingerprint density at radius 3 is 2.68 bits per heavy atom. The summed E-state index contributed by atoms with van der Waals surface area (Å²) >= 11 is 0. The van der Waals surface area contributed by atoms with E-state index < -0.39 is 0 Å². The van der Waals surface area contributed by atoms with E-state index in [1.807, 2.05) is 0 Å². The second kappa shape index (κ2) is 5.34. The molecule has 0 radical (unpaired) electrons. The number of hydrogen-bond acceptors (Lipinski definition) is 3. The summed E-state index contributed by atoms with van der Waals surface area (Å²) in [6.07, 6.45) is 8.24. The topological polar surface area (TPSA) is 32.5 Å². The van der Waals surface area contributed by atoms with Gasteiger partial charge >= 0.3 is 0 Å². The molecule has 0 spiro atoms. The first kappa shape index (κ1) is 13.8. The van der Waals surface area contributed by atoms with Crippen molar-refractivity contribution >= 4 is 0 Å². The maximum atomic E-state index is 6.24. The molecule has 0 aromatic carbocycles. The third kappa shape index (κ3) is 2.45. The van der Waals surface area contributed by atoms with E-state index in [9.17, 15) is 0 Å². The highest BCUT2D eigenvalue weighted by molar-refractivity contribution is 5.03. The number of rotatable bonds is 2. The van der Waals surface area contributed by atoms with Crippen LogP contribution in [0.1, 0.15) is 52.4 Å². The van der Waals surface area contributed by atoms with Crippen LogP contribution in [0.3, 0.4) is 0 Å². The van der Waals surface area contributed by atoms with Crippen LogP contribution >= 0.6 is 0 Å². The molecule has 1 saturated carbocycles. The quantitative estimate of drug-likeness (QED) is 0.829. The number of nitrogens with zero attached hydrogens (tertiary/aromatic N) is 2. The summed E-state index contributed by atoms with van der Waals surface area (Å²) in [4.78, 5) is 5.55. The summed E-state index contributed by atoms with van der Waals surface area (Å²) in [5, 5.41) is 0. The standard InChI is InChI=1S/C16H31N3/c1-13-6-7-16(9-13,12-17)19-11-15-5-3-4-8-18(15)10-14(19)2/h13-15H,3-12,17H2,1-2H3. The Bertz CT molecular complexity index is 319. The van der Waals surface area contributed by atoms with Crippen LogP contribution in [0.15, 0.2) is 0 Å². The fourth-order valence-corrected chi connectivity index (χ4v) is 4.94. The summed E-state index contributed by atoms with van der Waals surface area (Å²) < 4.78 is 0. The predicted octanol–water partition coefficient (Wildman–Crippen LogP) is 2.06. The smallest absolute Gasteiger partial charge is 0.0338 e. The van der Waals surface area contributed by atoms with E-state index in [0.29, 0.717) is 11.6 Å². The molecule has 3 rings (SSSR count). The minimum absolute atomic E-state index is 0.322. The Labute approximate surface area is 118 Å². The monoisotopic (exact) mass is 265 g/mol. The molecule has 3 heteroatoms. The van der Waals surface area contributed by atoms with Crippen LogP contribution in [-0.2, 0) is 0 Å². The molecule has 2 heterocycles. The number of nitrogens with two attached hydrogens (primary N) is 1. The first-order valence-corrected chi connectivity index (χ1v) is 8.35. The predicted molar refractivity (Wildman–Crippen MR) is 80.2 cm³/mol. The number of hydrogen-bond donors (Lipinski definition) is 1. The molecular formula is C16H31N3. The van der Waals surface area contributed by atoms with Gasteiger partial charge in [-0.2, -0.15) is 0 Å². The highest BCUT2D eigenvalue weighted by atomic mass is 15.3. The lowest BCUT2D eigenvalue weighted by Crippen LogP contribution is -2.66. The molecule has 3 nitrogen and oxygen atoms in total. The first-order valence-electron chi connectivity index (χ1n) is 8.35. The van der Waals surface area contributed by atoms with Gasteiger partial charge in [-0.25, -0.2) is 0 Å². The Kier molecular flexibility index (Phi) is 3.89. The van der Waals surface area contributed by atoms with E-state index in [-0.39, 0.29) is 0 Å². The van der Waals surface area contributed by atoms with Crippen molar-refractivity contribution in [1.82, 2.24) is 9.80 Å². The van der Waals surface area contributed by atoms with Gasteiger partial charge in [0, 0.05) is 37.3 Å². The van der Waals surface area contributed by atoms with Crippen LogP contribution in [0.2, 0.25) is 0 Å². The lowest BCUT2D eigenvalue weighted by Gasteiger charge is -2.54. The maximum absolute atomic E-state index is 6.24. The highest BCUT2D eigenvalue weighted by Crippen LogP contribution is 2.41. The molecule has 110 valence electrons. The molecule has 1 aliphatic carbocycles. The van der Waals surface area contributed by atoms with Crippen molar-refractivity contribution in [2.75, 3.05) is 26.2 Å². The number of piperazine rings is 1. The minimum Gasteiger partial charge on any atom is -0.329 e. The van der Waals surface area contributed by atoms with Crippen LogP contribution in [-0.4, -0.2) is 53.6 Å². The summed E-state index contributed by atoms with van der Waals surface area (Å²) in [6, 6.07) is 1.49. The Morgan fingerprint density at radius 2 is 2.00 bits per heavy atom. The second-order valence-electron chi connectivity index (χ2n) is 7.42. The molecule has 0 bridgehead atoms. The highest BCUT2D eigenvalue weighted by Gasteiger charge is 2.46. The SMILES string of the molecule is CC1CCC(CN)(N2CC3CCCCN3CC2C)C1. The average Bonchev–Trinajstić information content (AvgIpc) is 2.80. The molecule has 2 aliphatic heterocycles. The number of piperidine rings is 1. The van der Waals surface area contributed by atoms with Gasteiger partial charge in [-0.15, -0.1) is 0 Å². The lowest BCUT2D eigenvalue weighted by atomic mass is 9.88. The molecule has 2 N–H and O–H groups in total. The zero-order chi connectivity index (χ0) is 13.5. The van der Waals surface area contributed by atoms with Crippen LogP contribution in [0.5, 0.6) is 0 Å². The zero-order valence-electron chi connectivity index (χ0n) is 12.8. The van der Waals surface area contributed by atoms with Crippen LogP contribution < -0.4 is 5.73 Å². The summed E-state index contributed by atoms with van der Waals surface area (Å²) in [7, 11) is 0. The molecule has 4 atom stereocenters. The molecule has 0 aromatic heterocycles. The van der Waals surface area contributed by atoms with Gasteiger partial charge in [0.05, 0.1) is 0 Å². The molecule has 2 saturated heterocycles. The normalized spacial score (nSPS) is 45.3. The van der Waals surface area contributed by atoms with E-state index in [0.717, 1.165) is 18.5 Å². The summed E-state index contributed by atoms with van der Waals surface area (Å²) in [5.41, 5.74) is 6.56. The van der Waals surface area contributed by atoms with Gasteiger partial charge in [0.15, 0.2) is 0 Å².